The van der Waals surface area contributed by atoms with E-state index < -0.39 is 0 Å². The summed E-state index contributed by atoms with van der Waals surface area (Å²) < 4.78 is 1.09. The molecular formula is C17H15BrN2. The average Bonchev–Trinajstić information content (AvgIpc) is 2.48. The molecule has 0 aliphatic carbocycles. The normalized spacial score (nSPS) is 12.3. The van der Waals surface area contributed by atoms with Crippen molar-refractivity contribution in [1.29, 1.82) is 0 Å². The number of pyridine rings is 1. The van der Waals surface area contributed by atoms with Gasteiger partial charge < -0.3 is 5.32 Å². The molecule has 0 aliphatic heterocycles. The molecule has 3 aromatic rings. The first kappa shape index (κ1) is 13.1. The van der Waals surface area contributed by atoms with Gasteiger partial charge in [0.2, 0.25) is 0 Å². The maximum absolute atomic E-state index is 4.47. The molecule has 0 aliphatic rings. The van der Waals surface area contributed by atoms with Crippen LogP contribution in [0.4, 0.5) is 5.82 Å². The van der Waals surface area contributed by atoms with Gasteiger partial charge in [-0.25, -0.2) is 4.98 Å². The van der Waals surface area contributed by atoms with Crippen molar-refractivity contribution in [3.05, 3.63) is 70.8 Å². The largest absolute Gasteiger partial charge is 0.363 e. The zero-order valence-electron chi connectivity index (χ0n) is 11.2. The number of anilines is 1. The molecule has 1 N–H and O–H groups in total. The van der Waals surface area contributed by atoms with Crippen molar-refractivity contribution >= 4 is 32.5 Å². The van der Waals surface area contributed by atoms with Gasteiger partial charge in [-0.15, -0.1) is 0 Å². The van der Waals surface area contributed by atoms with Crippen LogP contribution in [-0.4, -0.2) is 4.98 Å². The fourth-order valence-corrected chi connectivity index (χ4v) is 2.54. The second kappa shape index (κ2) is 5.63. The Morgan fingerprint density at radius 1 is 1.00 bits per heavy atom. The Labute approximate surface area is 127 Å². The van der Waals surface area contributed by atoms with Crippen LogP contribution in [0.2, 0.25) is 0 Å². The highest BCUT2D eigenvalue weighted by Crippen LogP contribution is 2.25. The van der Waals surface area contributed by atoms with E-state index in [1.165, 1.54) is 10.9 Å². The summed E-state index contributed by atoms with van der Waals surface area (Å²) in [4.78, 5) is 4.47. The molecule has 1 unspecified atom stereocenters. The quantitative estimate of drug-likeness (QED) is 0.718. The fraction of sp³-hybridized carbons (Fsp3) is 0.118. The zero-order valence-corrected chi connectivity index (χ0v) is 12.8. The highest BCUT2D eigenvalue weighted by atomic mass is 79.9. The molecule has 3 rings (SSSR count). The SMILES string of the molecule is CC(Nc1nccc2ccccc12)c1ccc(Br)cc1. The van der Waals surface area contributed by atoms with E-state index >= 15 is 0 Å². The first-order valence-electron chi connectivity index (χ1n) is 6.60. The van der Waals surface area contributed by atoms with Gasteiger partial charge in [0.05, 0.1) is 0 Å². The van der Waals surface area contributed by atoms with Crippen molar-refractivity contribution in [2.24, 2.45) is 0 Å². The summed E-state index contributed by atoms with van der Waals surface area (Å²) in [5, 5.41) is 5.85. The van der Waals surface area contributed by atoms with Crippen LogP contribution < -0.4 is 5.32 Å². The van der Waals surface area contributed by atoms with Crippen molar-refractivity contribution in [3.63, 3.8) is 0 Å². The number of halogens is 1. The molecule has 3 heteroatoms. The zero-order chi connectivity index (χ0) is 13.9. The highest BCUT2D eigenvalue weighted by molar-refractivity contribution is 9.10. The maximum atomic E-state index is 4.47. The maximum Gasteiger partial charge on any atom is 0.134 e. The van der Waals surface area contributed by atoms with E-state index in [4.69, 9.17) is 0 Å². The molecule has 0 saturated heterocycles. The average molecular weight is 327 g/mol. The molecule has 100 valence electrons. The smallest absolute Gasteiger partial charge is 0.134 e. The predicted molar refractivity (Wildman–Crippen MR) is 87.9 cm³/mol. The standard InChI is InChI=1S/C17H15BrN2/c1-12(13-6-8-15(18)9-7-13)20-17-16-5-3-2-4-14(16)10-11-19-17/h2-12H,1H3,(H,19,20). The number of nitrogens with one attached hydrogen (secondary N) is 1. The van der Waals surface area contributed by atoms with Gasteiger partial charge in [0.1, 0.15) is 5.82 Å². The minimum atomic E-state index is 0.210. The van der Waals surface area contributed by atoms with Crippen molar-refractivity contribution in [1.82, 2.24) is 4.98 Å². The summed E-state index contributed by atoms with van der Waals surface area (Å²) in [5.41, 5.74) is 1.24. The summed E-state index contributed by atoms with van der Waals surface area (Å²) in [6.07, 6.45) is 1.85. The number of fused-ring (bicyclic) bond motifs is 1. The van der Waals surface area contributed by atoms with Crippen molar-refractivity contribution in [2.75, 3.05) is 5.32 Å². The molecule has 2 nitrogen and oxygen atoms in total. The first-order valence-corrected chi connectivity index (χ1v) is 7.39. The molecule has 1 aromatic heterocycles. The lowest BCUT2D eigenvalue weighted by molar-refractivity contribution is 0.877. The van der Waals surface area contributed by atoms with Gasteiger partial charge in [-0.05, 0) is 36.1 Å². The topological polar surface area (TPSA) is 24.9 Å². The molecule has 2 aromatic carbocycles. The third kappa shape index (κ3) is 2.68. The predicted octanol–water partition coefficient (Wildman–Crippen LogP) is 5.17. The van der Waals surface area contributed by atoms with E-state index in [1.807, 2.05) is 24.4 Å². The van der Waals surface area contributed by atoms with Crippen molar-refractivity contribution in [3.8, 4) is 0 Å². The monoisotopic (exact) mass is 326 g/mol. The molecule has 0 radical (unpaired) electrons. The van der Waals surface area contributed by atoms with E-state index in [9.17, 15) is 0 Å². The van der Waals surface area contributed by atoms with Crippen LogP contribution in [0.3, 0.4) is 0 Å². The summed E-state index contributed by atoms with van der Waals surface area (Å²) in [6, 6.07) is 18.9. The van der Waals surface area contributed by atoms with Gasteiger partial charge in [-0.3, -0.25) is 0 Å². The van der Waals surface area contributed by atoms with Crippen LogP contribution in [0.5, 0.6) is 0 Å². The molecule has 0 bridgehead atoms. The van der Waals surface area contributed by atoms with Gasteiger partial charge in [0, 0.05) is 22.1 Å². The summed E-state index contributed by atoms with van der Waals surface area (Å²) in [5.74, 6) is 0.929. The Balaban J connectivity index is 1.91. The molecule has 0 fully saturated rings. The van der Waals surface area contributed by atoms with E-state index in [-0.39, 0.29) is 6.04 Å². The lowest BCUT2D eigenvalue weighted by Crippen LogP contribution is -2.08. The second-order valence-corrected chi connectivity index (χ2v) is 5.71. The van der Waals surface area contributed by atoms with Gasteiger partial charge in [-0.2, -0.15) is 0 Å². The van der Waals surface area contributed by atoms with Crippen LogP contribution in [0, 0.1) is 0 Å². The van der Waals surface area contributed by atoms with Crippen molar-refractivity contribution in [2.45, 2.75) is 13.0 Å². The van der Waals surface area contributed by atoms with Gasteiger partial charge >= 0.3 is 0 Å². The fourth-order valence-electron chi connectivity index (χ4n) is 2.27. The molecule has 1 atom stereocenters. The Bertz CT molecular complexity index is 717. The highest BCUT2D eigenvalue weighted by Gasteiger charge is 2.08. The second-order valence-electron chi connectivity index (χ2n) is 4.80. The Morgan fingerprint density at radius 2 is 1.75 bits per heavy atom. The summed E-state index contributed by atoms with van der Waals surface area (Å²) in [6.45, 7) is 2.15. The van der Waals surface area contributed by atoms with Crippen LogP contribution in [0.1, 0.15) is 18.5 Å². The third-order valence-electron chi connectivity index (χ3n) is 3.40. The Hall–Kier alpha value is -1.87. The van der Waals surface area contributed by atoms with Gasteiger partial charge in [0.15, 0.2) is 0 Å². The number of hydrogen-bond acceptors (Lipinski definition) is 2. The van der Waals surface area contributed by atoms with E-state index in [0.29, 0.717) is 0 Å². The van der Waals surface area contributed by atoms with E-state index in [1.54, 1.807) is 0 Å². The molecule has 0 amide bonds. The van der Waals surface area contributed by atoms with Gasteiger partial charge in [0.25, 0.3) is 0 Å². The van der Waals surface area contributed by atoms with Crippen LogP contribution in [0.25, 0.3) is 10.8 Å². The number of benzene rings is 2. The summed E-state index contributed by atoms with van der Waals surface area (Å²) in [7, 11) is 0. The minimum absolute atomic E-state index is 0.210. The lowest BCUT2D eigenvalue weighted by atomic mass is 10.1. The third-order valence-corrected chi connectivity index (χ3v) is 3.93. The Morgan fingerprint density at radius 3 is 2.55 bits per heavy atom. The Kier molecular flexibility index (Phi) is 3.70. The van der Waals surface area contributed by atoms with Crippen LogP contribution >= 0.6 is 15.9 Å². The van der Waals surface area contributed by atoms with E-state index in [0.717, 1.165) is 15.7 Å². The molecule has 20 heavy (non-hydrogen) atoms. The summed E-state index contributed by atoms with van der Waals surface area (Å²) >= 11 is 3.46. The molecule has 0 saturated carbocycles. The minimum Gasteiger partial charge on any atom is -0.363 e. The van der Waals surface area contributed by atoms with Crippen molar-refractivity contribution < 1.29 is 0 Å². The first-order chi connectivity index (χ1) is 9.74. The number of nitrogens with zero attached hydrogens (tertiary/aromatic N) is 1. The molecular weight excluding hydrogens is 312 g/mol. The van der Waals surface area contributed by atoms with E-state index in [2.05, 4.69) is 69.6 Å². The van der Waals surface area contributed by atoms with Gasteiger partial charge in [-0.1, -0.05) is 52.3 Å². The lowest BCUT2D eigenvalue weighted by Gasteiger charge is -2.16. The van der Waals surface area contributed by atoms with Crippen LogP contribution in [0.15, 0.2) is 65.3 Å². The van der Waals surface area contributed by atoms with Crippen LogP contribution in [-0.2, 0) is 0 Å². The molecule has 0 spiro atoms. The molecule has 1 heterocycles. The number of rotatable bonds is 3. The number of aromatic nitrogens is 1. The number of hydrogen-bond donors (Lipinski definition) is 1.